The number of rotatable bonds is 4. The first-order valence-corrected chi connectivity index (χ1v) is 11.2. The third-order valence-corrected chi connectivity index (χ3v) is 6.62. The summed E-state index contributed by atoms with van der Waals surface area (Å²) in [5.41, 5.74) is 5.61. The highest BCUT2D eigenvalue weighted by molar-refractivity contribution is 6.01. The maximum Gasteiger partial charge on any atom is 0.162 e. The van der Waals surface area contributed by atoms with Crippen LogP contribution in [0.15, 0.2) is 59.8 Å². The Morgan fingerprint density at radius 2 is 1.76 bits per heavy atom. The lowest BCUT2D eigenvalue weighted by Gasteiger charge is -2.38. The summed E-state index contributed by atoms with van der Waals surface area (Å²) in [4.78, 5) is 13.5. The molecule has 6 heteroatoms. The highest BCUT2D eigenvalue weighted by Gasteiger charge is 2.43. The number of aromatic nitrogens is 2. The van der Waals surface area contributed by atoms with Crippen LogP contribution in [-0.2, 0) is 4.79 Å². The summed E-state index contributed by atoms with van der Waals surface area (Å²) in [5, 5.41) is 8.52. The van der Waals surface area contributed by atoms with E-state index >= 15 is 0 Å². The zero-order chi connectivity index (χ0) is 23.3. The number of carbonyl (C=O) groups excluding carboxylic acids is 1. The van der Waals surface area contributed by atoms with E-state index in [1.807, 2.05) is 60.1 Å². The van der Waals surface area contributed by atoms with E-state index in [0.29, 0.717) is 17.9 Å². The van der Waals surface area contributed by atoms with Crippen LogP contribution in [0, 0.1) is 12.3 Å². The summed E-state index contributed by atoms with van der Waals surface area (Å²) in [6, 6.07) is 16.0. The van der Waals surface area contributed by atoms with Crippen LogP contribution in [0.5, 0.6) is 11.5 Å². The van der Waals surface area contributed by atoms with Gasteiger partial charge in [0.05, 0.1) is 25.6 Å². The molecule has 3 aromatic rings. The second kappa shape index (κ2) is 7.80. The molecule has 2 aliphatic rings. The van der Waals surface area contributed by atoms with E-state index in [9.17, 15) is 4.79 Å². The van der Waals surface area contributed by atoms with Crippen molar-refractivity contribution in [1.29, 1.82) is 0 Å². The van der Waals surface area contributed by atoms with Gasteiger partial charge >= 0.3 is 0 Å². The van der Waals surface area contributed by atoms with Crippen LogP contribution in [0.3, 0.4) is 0 Å². The number of hydrogen-bond donors (Lipinski definition) is 1. The molecule has 0 radical (unpaired) electrons. The van der Waals surface area contributed by atoms with Gasteiger partial charge in [0, 0.05) is 29.2 Å². The van der Waals surface area contributed by atoms with Gasteiger partial charge in [0.2, 0.25) is 0 Å². The fraction of sp³-hybridized carbons (Fsp3) is 0.333. The molecule has 1 aliphatic carbocycles. The monoisotopic (exact) mass is 443 g/mol. The Morgan fingerprint density at radius 1 is 1.03 bits per heavy atom. The Labute approximate surface area is 194 Å². The van der Waals surface area contributed by atoms with E-state index in [1.165, 1.54) is 0 Å². The van der Waals surface area contributed by atoms with E-state index in [2.05, 4.69) is 19.2 Å². The lowest BCUT2D eigenvalue weighted by Crippen LogP contribution is -2.34. The molecule has 0 unspecified atom stereocenters. The first kappa shape index (κ1) is 21.3. The zero-order valence-corrected chi connectivity index (χ0v) is 19.7. The van der Waals surface area contributed by atoms with Gasteiger partial charge in [0.15, 0.2) is 17.3 Å². The van der Waals surface area contributed by atoms with Gasteiger partial charge in [-0.1, -0.05) is 38.1 Å². The molecule has 33 heavy (non-hydrogen) atoms. The fourth-order valence-electron chi connectivity index (χ4n) is 5.20. The van der Waals surface area contributed by atoms with E-state index in [1.54, 1.807) is 14.2 Å². The standard InChI is InChI=1S/C27H29N3O3/c1-16-23-24(17-11-12-21(32-4)22(13-17)33-5)25-19(14-27(2,3)15-20(25)31)28-26(23)30(29-16)18-9-7-6-8-10-18/h6-13,24,28H,14-15H2,1-5H3/t24-/m1/s1. The second-order valence-electron chi connectivity index (χ2n) is 9.60. The van der Waals surface area contributed by atoms with E-state index in [0.717, 1.165) is 46.0 Å². The lowest BCUT2D eigenvalue weighted by atomic mass is 9.69. The normalized spacial score (nSPS) is 18.9. The smallest absolute Gasteiger partial charge is 0.162 e. The van der Waals surface area contributed by atoms with Crippen molar-refractivity contribution >= 4 is 11.6 Å². The van der Waals surface area contributed by atoms with Gasteiger partial charge in [-0.05, 0) is 48.6 Å². The zero-order valence-electron chi connectivity index (χ0n) is 19.7. The van der Waals surface area contributed by atoms with Gasteiger partial charge in [-0.25, -0.2) is 4.68 Å². The Morgan fingerprint density at radius 3 is 2.45 bits per heavy atom. The average Bonchev–Trinajstić information content (AvgIpc) is 3.13. The average molecular weight is 444 g/mol. The number of para-hydroxylation sites is 1. The Kier molecular flexibility index (Phi) is 5.04. The number of nitrogens with one attached hydrogen (secondary N) is 1. The van der Waals surface area contributed by atoms with Gasteiger partial charge in [0.25, 0.3) is 0 Å². The number of methoxy groups -OCH3 is 2. The molecule has 0 saturated carbocycles. The van der Waals surface area contributed by atoms with E-state index in [4.69, 9.17) is 14.6 Å². The number of ether oxygens (including phenoxy) is 2. The van der Waals surface area contributed by atoms with Gasteiger partial charge in [0.1, 0.15) is 5.82 Å². The lowest BCUT2D eigenvalue weighted by molar-refractivity contribution is -0.118. The van der Waals surface area contributed by atoms with Gasteiger partial charge in [-0.3, -0.25) is 4.79 Å². The molecule has 170 valence electrons. The van der Waals surface area contributed by atoms with Crippen LogP contribution >= 0.6 is 0 Å². The minimum atomic E-state index is -0.225. The minimum Gasteiger partial charge on any atom is -0.493 e. The molecule has 1 atom stereocenters. The van der Waals surface area contributed by atoms with Crippen molar-refractivity contribution in [1.82, 2.24) is 9.78 Å². The van der Waals surface area contributed by atoms with Crippen molar-refractivity contribution < 1.29 is 14.3 Å². The SMILES string of the molecule is COc1ccc([C@H]2C3=C(CC(C)(C)CC3=O)Nc3c2c(C)nn3-c2ccccc2)cc1OC. The summed E-state index contributed by atoms with van der Waals surface area (Å²) < 4.78 is 13.0. The largest absolute Gasteiger partial charge is 0.493 e. The molecule has 0 bridgehead atoms. The van der Waals surface area contributed by atoms with Crippen LogP contribution < -0.4 is 14.8 Å². The summed E-state index contributed by atoms with van der Waals surface area (Å²) >= 11 is 0. The summed E-state index contributed by atoms with van der Waals surface area (Å²) in [6.45, 7) is 6.31. The van der Waals surface area contributed by atoms with E-state index in [-0.39, 0.29) is 17.1 Å². The van der Waals surface area contributed by atoms with Crippen molar-refractivity contribution in [2.24, 2.45) is 5.41 Å². The van der Waals surface area contributed by atoms with Crippen molar-refractivity contribution in [3.05, 3.63) is 76.6 Å². The van der Waals surface area contributed by atoms with Crippen LogP contribution in [0.1, 0.15) is 49.4 Å². The van der Waals surface area contributed by atoms with Crippen LogP contribution in [0.2, 0.25) is 0 Å². The molecule has 0 amide bonds. The highest BCUT2D eigenvalue weighted by Crippen LogP contribution is 2.51. The predicted molar refractivity (Wildman–Crippen MR) is 128 cm³/mol. The summed E-state index contributed by atoms with van der Waals surface area (Å²) in [5.74, 6) is 2.19. The molecule has 2 heterocycles. The summed E-state index contributed by atoms with van der Waals surface area (Å²) in [6.07, 6.45) is 1.33. The molecular weight excluding hydrogens is 414 g/mol. The molecule has 0 saturated heterocycles. The molecule has 0 fully saturated rings. The molecule has 1 aromatic heterocycles. The van der Waals surface area contributed by atoms with Crippen molar-refractivity contribution in [2.75, 3.05) is 19.5 Å². The molecule has 1 N–H and O–H groups in total. The molecule has 5 rings (SSSR count). The number of allylic oxidation sites excluding steroid dienone is 2. The van der Waals surface area contributed by atoms with Crippen molar-refractivity contribution in [3.8, 4) is 17.2 Å². The Bertz CT molecular complexity index is 1270. The number of anilines is 1. The first-order chi connectivity index (χ1) is 15.8. The topological polar surface area (TPSA) is 65.4 Å². The molecule has 6 nitrogen and oxygen atoms in total. The number of carbonyl (C=O) groups is 1. The number of benzene rings is 2. The summed E-state index contributed by atoms with van der Waals surface area (Å²) in [7, 11) is 3.26. The highest BCUT2D eigenvalue weighted by atomic mass is 16.5. The fourth-order valence-corrected chi connectivity index (χ4v) is 5.20. The minimum absolute atomic E-state index is 0.102. The molecule has 0 spiro atoms. The van der Waals surface area contributed by atoms with Gasteiger partial charge < -0.3 is 14.8 Å². The quantitative estimate of drug-likeness (QED) is 0.585. The van der Waals surface area contributed by atoms with Gasteiger partial charge in [-0.15, -0.1) is 0 Å². The van der Waals surface area contributed by atoms with Crippen LogP contribution in [-0.4, -0.2) is 29.8 Å². The number of fused-ring (bicyclic) bond motifs is 1. The Balaban J connectivity index is 1.76. The van der Waals surface area contributed by atoms with Crippen LogP contribution in [0.25, 0.3) is 5.69 Å². The third kappa shape index (κ3) is 3.50. The number of hydrogen-bond acceptors (Lipinski definition) is 5. The van der Waals surface area contributed by atoms with Crippen LogP contribution in [0.4, 0.5) is 5.82 Å². The van der Waals surface area contributed by atoms with Crippen molar-refractivity contribution in [2.45, 2.75) is 39.5 Å². The predicted octanol–water partition coefficient (Wildman–Crippen LogP) is 5.40. The van der Waals surface area contributed by atoms with Crippen molar-refractivity contribution in [3.63, 3.8) is 0 Å². The number of aryl methyl sites for hydroxylation is 1. The van der Waals surface area contributed by atoms with Gasteiger partial charge in [-0.2, -0.15) is 5.10 Å². The second-order valence-corrected chi connectivity index (χ2v) is 9.60. The number of nitrogens with zero attached hydrogens (tertiary/aromatic N) is 2. The molecular formula is C27H29N3O3. The third-order valence-electron chi connectivity index (χ3n) is 6.62. The molecule has 2 aromatic carbocycles. The maximum absolute atomic E-state index is 13.5. The van der Waals surface area contributed by atoms with E-state index < -0.39 is 0 Å². The number of ketones is 1. The molecule has 1 aliphatic heterocycles. The number of Topliss-reactive ketones (excluding diaryl/α,β-unsaturated/α-hetero) is 1. The maximum atomic E-state index is 13.5. The Hall–Kier alpha value is -3.54. The first-order valence-electron chi connectivity index (χ1n) is 11.2.